The van der Waals surface area contributed by atoms with E-state index in [2.05, 4.69) is 5.32 Å². The molecule has 0 saturated heterocycles. The zero-order valence-electron chi connectivity index (χ0n) is 15.9. The molecule has 2 aromatic rings. The van der Waals surface area contributed by atoms with E-state index in [1.165, 1.54) is 4.31 Å². The standard InChI is InChI=1S/C20H26N2O3S/c1-14-7-6-8-18(11-14)13-21-20(23)17(4)22(26(5,24)25)19-12-15(2)9-10-16(19)3/h6-12,17H,13H2,1-5H3,(H,21,23)/t17-/m1/s1. The molecule has 1 atom stereocenters. The maximum Gasteiger partial charge on any atom is 0.243 e. The number of anilines is 1. The first-order chi connectivity index (χ1) is 12.1. The monoisotopic (exact) mass is 374 g/mol. The van der Waals surface area contributed by atoms with Gasteiger partial charge in [-0.2, -0.15) is 0 Å². The molecule has 0 aliphatic heterocycles. The quantitative estimate of drug-likeness (QED) is 0.845. The first-order valence-corrected chi connectivity index (χ1v) is 10.3. The summed E-state index contributed by atoms with van der Waals surface area (Å²) < 4.78 is 26.0. The first kappa shape index (κ1) is 20.0. The Morgan fingerprint density at radius 1 is 1.08 bits per heavy atom. The van der Waals surface area contributed by atoms with E-state index in [4.69, 9.17) is 0 Å². The normalized spacial score (nSPS) is 12.5. The molecule has 140 valence electrons. The number of nitrogens with one attached hydrogen (secondary N) is 1. The minimum absolute atomic E-state index is 0.335. The van der Waals surface area contributed by atoms with Crippen molar-refractivity contribution in [3.8, 4) is 0 Å². The number of rotatable bonds is 6. The van der Waals surface area contributed by atoms with Gasteiger partial charge in [0, 0.05) is 6.54 Å². The number of sulfonamides is 1. The molecular weight excluding hydrogens is 348 g/mol. The van der Waals surface area contributed by atoms with Gasteiger partial charge < -0.3 is 5.32 Å². The first-order valence-electron chi connectivity index (χ1n) is 8.49. The summed E-state index contributed by atoms with van der Waals surface area (Å²) in [7, 11) is -3.62. The minimum Gasteiger partial charge on any atom is -0.350 e. The molecule has 5 nitrogen and oxygen atoms in total. The van der Waals surface area contributed by atoms with Gasteiger partial charge in [-0.15, -0.1) is 0 Å². The molecule has 0 heterocycles. The van der Waals surface area contributed by atoms with Crippen LogP contribution in [-0.2, 0) is 21.4 Å². The third-order valence-corrected chi connectivity index (χ3v) is 5.47. The fraction of sp³-hybridized carbons (Fsp3) is 0.350. The lowest BCUT2D eigenvalue weighted by Gasteiger charge is -2.29. The fourth-order valence-electron chi connectivity index (χ4n) is 2.90. The van der Waals surface area contributed by atoms with Gasteiger partial charge in [0.1, 0.15) is 6.04 Å². The van der Waals surface area contributed by atoms with E-state index < -0.39 is 16.1 Å². The molecule has 0 spiro atoms. The second-order valence-corrected chi connectivity index (χ2v) is 8.59. The number of carbonyl (C=O) groups is 1. The second-order valence-electron chi connectivity index (χ2n) is 6.73. The highest BCUT2D eigenvalue weighted by atomic mass is 32.2. The zero-order valence-corrected chi connectivity index (χ0v) is 16.7. The Kier molecular flexibility index (Phi) is 6.08. The molecule has 0 aliphatic carbocycles. The molecule has 1 N–H and O–H groups in total. The van der Waals surface area contributed by atoms with Gasteiger partial charge in [0.05, 0.1) is 11.9 Å². The van der Waals surface area contributed by atoms with Gasteiger partial charge >= 0.3 is 0 Å². The van der Waals surface area contributed by atoms with Crippen molar-refractivity contribution in [2.24, 2.45) is 0 Å². The van der Waals surface area contributed by atoms with E-state index in [0.29, 0.717) is 12.2 Å². The summed E-state index contributed by atoms with van der Waals surface area (Å²) in [5.41, 5.74) is 4.36. The Hall–Kier alpha value is -2.34. The second kappa shape index (κ2) is 7.91. The highest BCUT2D eigenvalue weighted by Crippen LogP contribution is 2.26. The van der Waals surface area contributed by atoms with Crippen molar-refractivity contribution in [2.75, 3.05) is 10.6 Å². The smallest absolute Gasteiger partial charge is 0.243 e. The van der Waals surface area contributed by atoms with Gasteiger partial charge in [0.15, 0.2) is 0 Å². The Morgan fingerprint density at radius 3 is 2.35 bits per heavy atom. The van der Waals surface area contributed by atoms with Gasteiger partial charge in [-0.1, -0.05) is 42.0 Å². The van der Waals surface area contributed by atoms with Crippen molar-refractivity contribution >= 4 is 21.6 Å². The molecule has 0 aromatic heterocycles. The van der Waals surface area contributed by atoms with Crippen LogP contribution < -0.4 is 9.62 Å². The molecule has 0 aliphatic rings. The summed E-state index contributed by atoms with van der Waals surface area (Å²) in [5, 5.41) is 2.84. The maximum atomic E-state index is 12.6. The Morgan fingerprint density at radius 2 is 1.73 bits per heavy atom. The molecule has 0 saturated carbocycles. The average molecular weight is 375 g/mol. The van der Waals surface area contributed by atoms with E-state index in [0.717, 1.165) is 28.5 Å². The van der Waals surface area contributed by atoms with Crippen molar-refractivity contribution in [3.63, 3.8) is 0 Å². The summed E-state index contributed by atoms with van der Waals surface area (Å²) in [6, 6.07) is 12.6. The number of nitrogens with zero attached hydrogens (tertiary/aromatic N) is 1. The van der Waals surface area contributed by atoms with Gasteiger partial charge in [0.2, 0.25) is 15.9 Å². The number of aryl methyl sites for hydroxylation is 3. The molecular formula is C20H26N2O3S. The Labute approximate surface area is 156 Å². The van der Waals surface area contributed by atoms with Crippen molar-refractivity contribution in [1.82, 2.24) is 5.32 Å². The number of benzene rings is 2. The highest BCUT2D eigenvalue weighted by Gasteiger charge is 2.30. The molecule has 0 bridgehead atoms. The van der Waals surface area contributed by atoms with Gasteiger partial charge in [-0.05, 0) is 50.5 Å². The third-order valence-electron chi connectivity index (χ3n) is 4.24. The van der Waals surface area contributed by atoms with E-state index in [9.17, 15) is 13.2 Å². The topological polar surface area (TPSA) is 66.5 Å². The van der Waals surface area contributed by atoms with Gasteiger partial charge in [-0.3, -0.25) is 9.10 Å². The fourth-order valence-corrected chi connectivity index (χ4v) is 4.12. The largest absolute Gasteiger partial charge is 0.350 e. The van der Waals surface area contributed by atoms with E-state index in [1.807, 2.05) is 57.2 Å². The highest BCUT2D eigenvalue weighted by molar-refractivity contribution is 7.92. The lowest BCUT2D eigenvalue weighted by molar-refractivity contribution is -0.122. The summed E-state index contributed by atoms with van der Waals surface area (Å²) in [5.74, 6) is -0.335. The van der Waals surface area contributed by atoms with Crippen LogP contribution in [-0.4, -0.2) is 26.6 Å². The Balaban J connectivity index is 2.25. The molecule has 26 heavy (non-hydrogen) atoms. The van der Waals surface area contributed by atoms with Crippen molar-refractivity contribution in [3.05, 3.63) is 64.7 Å². The zero-order chi connectivity index (χ0) is 19.5. The molecule has 1 amide bonds. The minimum atomic E-state index is -3.62. The summed E-state index contributed by atoms with van der Waals surface area (Å²) in [4.78, 5) is 12.6. The van der Waals surface area contributed by atoms with E-state index in [1.54, 1.807) is 13.0 Å². The van der Waals surface area contributed by atoms with Crippen LogP contribution in [0, 0.1) is 20.8 Å². The molecule has 2 aromatic carbocycles. The van der Waals surface area contributed by atoms with Crippen molar-refractivity contribution in [1.29, 1.82) is 0 Å². The van der Waals surface area contributed by atoms with Crippen LogP contribution in [0.3, 0.4) is 0 Å². The lowest BCUT2D eigenvalue weighted by atomic mass is 10.1. The SMILES string of the molecule is Cc1cccc(CNC(=O)[C@@H](C)N(c2cc(C)ccc2C)S(C)(=O)=O)c1. The average Bonchev–Trinajstić information content (AvgIpc) is 2.54. The maximum absolute atomic E-state index is 12.6. The van der Waals surface area contributed by atoms with Gasteiger partial charge in [0.25, 0.3) is 0 Å². The number of carbonyl (C=O) groups excluding carboxylic acids is 1. The number of amides is 1. The molecule has 2 rings (SSSR count). The number of hydrogen-bond acceptors (Lipinski definition) is 3. The van der Waals surface area contributed by atoms with Crippen LogP contribution in [0.2, 0.25) is 0 Å². The van der Waals surface area contributed by atoms with Crippen LogP contribution in [0.25, 0.3) is 0 Å². The van der Waals surface area contributed by atoms with Crippen molar-refractivity contribution < 1.29 is 13.2 Å². The molecule has 6 heteroatoms. The van der Waals surface area contributed by atoms with Crippen LogP contribution >= 0.6 is 0 Å². The molecule has 0 fully saturated rings. The summed E-state index contributed by atoms with van der Waals surface area (Å²) in [6.07, 6.45) is 1.12. The Bertz CT molecular complexity index is 907. The number of hydrogen-bond donors (Lipinski definition) is 1. The van der Waals surface area contributed by atoms with Crippen LogP contribution in [0.5, 0.6) is 0 Å². The molecule has 0 radical (unpaired) electrons. The summed E-state index contributed by atoms with van der Waals surface area (Å²) >= 11 is 0. The predicted octanol–water partition coefficient (Wildman–Crippen LogP) is 3.08. The third kappa shape index (κ3) is 4.85. The lowest BCUT2D eigenvalue weighted by Crippen LogP contribution is -2.48. The van der Waals surface area contributed by atoms with E-state index >= 15 is 0 Å². The van der Waals surface area contributed by atoms with Gasteiger partial charge in [-0.25, -0.2) is 8.42 Å². The van der Waals surface area contributed by atoms with Crippen LogP contribution in [0.4, 0.5) is 5.69 Å². The van der Waals surface area contributed by atoms with Crippen LogP contribution in [0.1, 0.15) is 29.2 Å². The van der Waals surface area contributed by atoms with Crippen molar-refractivity contribution in [2.45, 2.75) is 40.3 Å². The van der Waals surface area contributed by atoms with Crippen LogP contribution in [0.15, 0.2) is 42.5 Å². The predicted molar refractivity (Wildman–Crippen MR) is 106 cm³/mol. The summed E-state index contributed by atoms with van der Waals surface area (Å²) in [6.45, 7) is 7.68. The van der Waals surface area contributed by atoms with E-state index in [-0.39, 0.29) is 5.91 Å². The molecule has 0 unspecified atom stereocenters.